The molecule has 2 amide bonds. The molecule has 2 N–H and O–H groups in total. The molecular formula is C19H18Cl2N2O3. The molecule has 0 heterocycles. The van der Waals surface area contributed by atoms with Crippen molar-refractivity contribution in [3.05, 3.63) is 52.5 Å². The highest BCUT2D eigenvalue weighted by molar-refractivity contribution is 6.35. The van der Waals surface area contributed by atoms with Gasteiger partial charge in [0.05, 0.1) is 18.4 Å². The first-order valence-electron chi connectivity index (χ1n) is 8.27. The van der Waals surface area contributed by atoms with E-state index in [4.69, 9.17) is 27.9 Å². The lowest BCUT2D eigenvalue weighted by Gasteiger charge is -2.08. The molecule has 136 valence electrons. The van der Waals surface area contributed by atoms with Crippen molar-refractivity contribution in [3.8, 4) is 5.75 Å². The van der Waals surface area contributed by atoms with E-state index in [1.54, 1.807) is 42.5 Å². The zero-order valence-electron chi connectivity index (χ0n) is 14.1. The average Bonchev–Trinajstić information content (AvgIpc) is 3.37. The Kier molecular flexibility index (Phi) is 5.69. The van der Waals surface area contributed by atoms with Gasteiger partial charge in [0.1, 0.15) is 5.75 Å². The smallest absolute Gasteiger partial charge is 0.228 e. The summed E-state index contributed by atoms with van der Waals surface area (Å²) in [5.41, 5.74) is 1.19. The monoisotopic (exact) mass is 392 g/mol. The third-order valence-electron chi connectivity index (χ3n) is 4.03. The molecule has 2 aromatic rings. The molecule has 0 saturated heterocycles. The number of carbonyl (C=O) groups excluding carboxylic acids is 2. The van der Waals surface area contributed by atoms with Gasteiger partial charge in [-0.25, -0.2) is 0 Å². The molecule has 2 aromatic carbocycles. The van der Waals surface area contributed by atoms with Crippen LogP contribution in [0.2, 0.25) is 10.0 Å². The van der Waals surface area contributed by atoms with Gasteiger partial charge in [-0.1, -0.05) is 23.2 Å². The van der Waals surface area contributed by atoms with Gasteiger partial charge >= 0.3 is 0 Å². The molecule has 2 atom stereocenters. The van der Waals surface area contributed by atoms with Gasteiger partial charge in [-0.15, -0.1) is 0 Å². The highest BCUT2D eigenvalue weighted by Gasteiger charge is 2.48. The topological polar surface area (TPSA) is 67.4 Å². The van der Waals surface area contributed by atoms with E-state index in [-0.39, 0.29) is 23.7 Å². The van der Waals surface area contributed by atoms with Crippen molar-refractivity contribution >= 4 is 46.4 Å². The third-order valence-corrected chi connectivity index (χ3v) is 4.46. The molecule has 26 heavy (non-hydrogen) atoms. The van der Waals surface area contributed by atoms with Gasteiger partial charge in [0.25, 0.3) is 0 Å². The zero-order chi connectivity index (χ0) is 18.7. The van der Waals surface area contributed by atoms with Crippen LogP contribution in [0, 0.1) is 11.8 Å². The predicted octanol–water partition coefficient (Wildman–Crippen LogP) is 4.61. The Morgan fingerprint density at radius 3 is 2.04 bits per heavy atom. The van der Waals surface area contributed by atoms with Crippen LogP contribution in [0.3, 0.4) is 0 Å². The zero-order valence-corrected chi connectivity index (χ0v) is 15.6. The standard InChI is InChI=1S/C19H18Cl2N2O3/c1-2-26-15-5-3-13(4-6-15)22-18(24)16-10-17(16)19(25)23-14-8-11(20)7-12(21)9-14/h3-9,16-17H,2,10H2,1H3,(H,22,24)(H,23,25). The van der Waals surface area contributed by atoms with E-state index in [1.807, 2.05) is 6.92 Å². The van der Waals surface area contributed by atoms with E-state index < -0.39 is 0 Å². The lowest BCUT2D eigenvalue weighted by atomic mass is 10.2. The number of anilines is 2. The molecule has 2 unspecified atom stereocenters. The molecule has 0 radical (unpaired) electrons. The van der Waals surface area contributed by atoms with Crippen LogP contribution in [0.15, 0.2) is 42.5 Å². The number of nitrogens with one attached hydrogen (secondary N) is 2. The first kappa shape index (κ1) is 18.5. The number of amides is 2. The lowest BCUT2D eigenvalue weighted by molar-refractivity contribution is -0.122. The number of benzene rings is 2. The van der Waals surface area contributed by atoms with Crippen LogP contribution >= 0.6 is 23.2 Å². The number of carbonyl (C=O) groups is 2. The molecule has 1 aliphatic carbocycles. The molecule has 0 aromatic heterocycles. The minimum absolute atomic E-state index is 0.168. The Morgan fingerprint density at radius 2 is 1.50 bits per heavy atom. The highest BCUT2D eigenvalue weighted by atomic mass is 35.5. The number of rotatable bonds is 6. The summed E-state index contributed by atoms with van der Waals surface area (Å²) in [6.07, 6.45) is 0.517. The number of hydrogen-bond donors (Lipinski definition) is 2. The minimum Gasteiger partial charge on any atom is -0.494 e. The van der Waals surface area contributed by atoms with Crippen molar-refractivity contribution in [3.63, 3.8) is 0 Å². The Bertz CT molecular complexity index is 804. The molecule has 7 heteroatoms. The van der Waals surface area contributed by atoms with E-state index in [2.05, 4.69) is 10.6 Å². The van der Waals surface area contributed by atoms with Crippen molar-refractivity contribution in [2.24, 2.45) is 11.8 Å². The largest absolute Gasteiger partial charge is 0.494 e. The van der Waals surface area contributed by atoms with E-state index >= 15 is 0 Å². The Morgan fingerprint density at radius 1 is 0.962 bits per heavy atom. The molecule has 3 rings (SSSR count). The van der Waals surface area contributed by atoms with Gasteiger partial charge in [-0.3, -0.25) is 9.59 Å². The summed E-state index contributed by atoms with van der Waals surface area (Å²) >= 11 is 11.8. The van der Waals surface area contributed by atoms with E-state index in [0.29, 0.717) is 34.4 Å². The van der Waals surface area contributed by atoms with Crippen LogP contribution in [0.25, 0.3) is 0 Å². The lowest BCUT2D eigenvalue weighted by Crippen LogP contribution is -2.20. The number of hydrogen-bond acceptors (Lipinski definition) is 3. The van der Waals surface area contributed by atoms with Gasteiger partial charge in [-0.2, -0.15) is 0 Å². The van der Waals surface area contributed by atoms with Crippen molar-refractivity contribution < 1.29 is 14.3 Å². The Labute approximate surface area is 161 Å². The van der Waals surface area contributed by atoms with Crippen molar-refractivity contribution in [2.75, 3.05) is 17.2 Å². The quantitative estimate of drug-likeness (QED) is 0.754. The van der Waals surface area contributed by atoms with Gasteiger partial charge in [-0.05, 0) is 55.8 Å². The molecule has 1 saturated carbocycles. The second-order valence-electron chi connectivity index (χ2n) is 6.04. The predicted molar refractivity (Wildman–Crippen MR) is 103 cm³/mol. The summed E-state index contributed by atoms with van der Waals surface area (Å²) in [6.45, 7) is 2.49. The third kappa shape index (κ3) is 4.68. The molecule has 1 fully saturated rings. The molecular weight excluding hydrogens is 375 g/mol. The SMILES string of the molecule is CCOc1ccc(NC(=O)C2CC2C(=O)Nc2cc(Cl)cc(Cl)c2)cc1. The normalized spacial score (nSPS) is 18.1. The van der Waals surface area contributed by atoms with Crippen molar-refractivity contribution in [1.82, 2.24) is 0 Å². The van der Waals surface area contributed by atoms with Gasteiger partial charge in [0, 0.05) is 21.4 Å². The van der Waals surface area contributed by atoms with Crippen LogP contribution in [-0.4, -0.2) is 18.4 Å². The van der Waals surface area contributed by atoms with E-state index in [9.17, 15) is 9.59 Å². The maximum Gasteiger partial charge on any atom is 0.228 e. The summed E-state index contributed by atoms with van der Waals surface area (Å²) in [5, 5.41) is 6.45. The van der Waals surface area contributed by atoms with Gasteiger partial charge < -0.3 is 15.4 Å². The van der Waals surface area contributed by atoms with Gasteiger partial charge in [0.2, 0.25) is 11.8 Å². The van der Waals surface area contributed by atoms with Crippen LogP contribution in [-0.2, 0) is 9.59 Å². The maximum atomic E-state index is 12.3. The van der Waals surface area contributed by atoms with Crippen molar-refractivity contribution in [2.45, 2.75) is 13.3 Å². The summed E-state index contributed by atoms with van der Waals surface area (Å²) in [6, 6.07) is 11.9. The fourth-order valence-electron chi connectivity index (χ4n) is 2.67. The van der Waals surface area contributed by atoms with E-state index in [0.717, 1.165) is 5.75 Å². The summed E-state index contributed by atoms with van der Waals surface area (Å²) in [5.74, 6) is -0.324. The molecule has 0 spiro atoms. The summed E-state index contributed by atoms with van der Waals surface area (Å²) in [4.78, 5) is 24.6. The average molecular weight is 393 g/mol. The molecule has 0 bridgehead atoms. The van der Waals surface area contributed by atoms with Crippen LogP contribution in [0.1, 0.15) is 13.3 Å². The fraction of sp³-hybridized carbons (Fsp3) is 0.263. The molecule has 1 aliphatic rings. The minimum atomic E-state index is -0.351. The summed E-state index contributed by atoms with van der Waals surface area (Å²) < 4.78 is 5.36. The maximum absolute atomic E-state index is 12.3. The van der Waals surface area contributed by atoms with Crippen LogP contribution in [0.4, 0.5) is 11.4 Å². The van der Waals surface area contributed by atoms with Gasteiger partial charge in [0.15, 0.2) is 0 Å². The Balaban J connectivity index is 1.53. The number of ether oxygens (including phenoxy) is 1. The fourth-order valence-corrected chi connectivity index (χ4v) is 3.20. The molecule has 5 nitrogen and oxygen atoms in total. The molecule has 0 aliphatic heterocycles. The highest BCUT2D eigenvalue weighted by Crippen LogP contribution is 2.40. The first-order valence-corrected chi connectivity index (χ1v) is 9.02. The van der Waals surface area contributed by atoms with Crippen molar-refractivity contribution in [1.29, 1.82) is 0 Å². The first-order chi connectivity index (χ1) is 12.5. The van der Waals surface area contributed by atoms with E-state index in [1.165, 1.54) is 0 Å². The van der Waals surface area contributed by atoms with Crippen LogP contribution < -0.4 is 15.4 Å². The second kappa shape index (κ2) is 7.98. The van der Waals surface area contributed by atoms with Crippen LogP contribution in [0.5, 0.6) is 5.75 Å². The second-order valence-corrected chi connectivity index (χ2v) is 6.92. The summed E-state index contributed by atoms with van der Waals surface area (Å²) in [7, 11) is 0. The number of halogens is 2. The Hall–Kier alpha value is -2.24.